The fourth-order valence-electron chi connectivity index (χ4n) is 3.46. The highest BCUT2D eigenvalue weighted by Gasteiger charge is 2.12. The summed E-state index contributed by atoms with van der Waals surface area (Å²) in [5.74, 6) is -0.626. The fraction of sp³-hybridized carbons (Fsp3) is 0.208. The maximum Gasteiger partial charge on any atom is 0.264 e. The molecule has 9 nitrogen and oxygen atoms in total. The second kappa shape index (κ2) is 9.90. The van der Waals surface area contributed by atoms with Crippen molar-refractivity contribution in [2.24, 2.45) is 0 Å². The molecule has 168 valence electrons. The minimum absolute atomic E-state index is 0.130. The summed E-state index contributed by atoms with van der Waals surface area (Å²) in [6.07, 6.45) is 3.02. The number of hydrogen-bond acceptors (Lipinski definition) is 5. The Hall–Kier alpha value is -4.27. The van der Waals surface area contributed by atoms with E-state index in [0.29, 0.717) is 29.7 Å². The summed E-state index contributed by atoms with van der Waals surface area (Å²) < 4.78 is 3.14. The molecule has 0 saturated carbocycles. The minimum Gasteiger partial charge on any atom is -0.353 e. The van der Waals surface area contributed by atoms with Crippen molar-refractivity contribution in [1.82, 2.24) is 30.0 Å². The second-order valence-electron chi connectivity index (χ2n) is 7.61. The van der Waals surface area contributed by atoms with E-state index in [1.54, 1.807) is 33.5 Å². The monoisotopic (exact) mass is 444 g/mol. The summed E-state index contributed by atoms with van der Waals surface area (Å²) in [5, 5.41) is 9.99. The van der Waals surface area contributed by atoms with Gasteiger partial charge in [0.05, 0.1) is 25.8 Å². The van der Waals surface area contributed by atoms with E-state index in [0.717, 1.165) is 11.1 Å². The molecule has 2 N–H and O–H groups in total. The van der Waals surface area contributed by atoms with Gasteiger partial charge >= 0.3 is 0 Å². The van der Waals surface area contributed by atoms with Crippen LogP contribution in [0.15, 0.2) is 71.9 Å². The maximum atomic E-state index is 12.9. The van der Waals surface area contributed by atoms with E-state index < -0.39 is 0 Å². The SMILES string of the molecule is Cc1ccccc1Cn1cnc2c(cnn2CCNC(=O)CNC(=O)c2ccccc2)c1=O. The molecule has 33 heavy (non-hydrogen) atoms. The maximum absolute atomic E-state index is 12.9. The summed E-state index contributed by atoms with van der Waals surface area (Å²) >= 11 is 0. The molecular formula is C24H24N6O3. The Morgan fingerprint density at radius 2 is 1.76 bits per heavy atom. The molecule has 2 amide bonds. The molecule has 0 bridgehead atoms. The Morgan fingerprint density at radius 3 is 2.55 bits per heavy atom. The number of carbonyl (C=O) groups is 2. The van der Waals surface area contributed by atoms with E-state index in [1.165, 1.54) is 12.5 Å². The lowest BCUT2D eigenvalue weighted by atomic mass is 10.1. The molecule has 0 saturated heterocycles. The van der Waals surface area contributed by atoms with E-state index in [-0.39, 0.29) is 30.5 Å². The van der Waals surface area contributed by atoms with Crippen molar-refractivity contribution in [1.29, 1.82) is 0 Å². The Bertz CT molecular complexity index is 1340. The third-order valence-corrected chi connectivity index (χ3v) is 5.32. The predicted molar refractivity (Wildman–Crippen MR) is 124 cm³/mol. The highest BCUT2D eigenvalue weighted by molar-refractivity contribution is 5.96. The Kier molecular flexibility index (Phi) is 6.58. The first-order chi connectivity index (χ1) is 16.0. The largest absolute Gasteiger partial charge is 0.353 e. The topological polar surface area (TPSA) is 111 Å². The lowest BCUT2D eigenvalue weighted by Crippen LogP contribution is -2.38. The highest BCUT2D eigenvalue weighted by Crippen LogP contribution is 2.10. The molecule has 2 aromatic carbocycles. The molecular weight excluding hydrogens is 420 g/mol. The summed E-state index contributed by atoms with van der Waals surface area (Å²) in [6, 6.07) is 16.6. The zero-order chi connectivity index (χ0) is 23.2. The molecule has 2 aromatic heterocycles. The molecule has 9 heteroatoms. The molecule has 0 radical (unpaired) electrons. The van der Waals surface area contributed by atoms with Crippen LogP contribution in [-0.2, 0) is 17.9 Å². The van der Waals surface area contributed by atoms with Crippen molar-refractivity contribution >= 4 is 22.8 Å². The van der Waals surface area contributed by atoms with Crippen LogP contribution in [0, 0.1) is 6.92 Å². The van der Waals surface area contributed by atoms with Gasteiger partial charge in [0.1, 0.15) is 11.7 Å². The van der Waals surface area contributed by atoms with Crippen LogP contribution in [0.5, 0.6) is 0 Å². The van der Waals surface area contributed by atoms with Crippen molar-refractivity contribution in [3.63, 3.8) is 0 Å². The van der Waals surface area contributed by atoms with Crippen LogP contribution in [0.2, 0.25) is 0 Å². The second-order valence-corrected chi connectivity index (χ2v) is 7.61. The summed E-state index contributed by atoms with van der Waals surface area (Å²) in [5.41, 5.74) is 2.95. The minimum atomic E-state index is -0.315. The number of carbonyl (C=O) groups excluding carboxylic acids is 2. The first-order valence-electron chi connectivity index (χ1n) is 10.6. The van der Waals surface area contributed by atoms with Crippen molar-refractivity contribution in [3.8, 4) is 0 Å². The highest BCUT2D eigenvalue weighted by atomic mass is 16.2. The number of benzene rings is 2. The van der Waals surface area contributed by atoms with Crippen LogP contribution in [0.3, 0.4) is 0 Å². The van der Waals surface area contributed by atoms with Crippen molar-refractivity contribution < 1.29 is 9.59 Å². The third kappa shape index (κ3) is 5.15. The van der Waals surface area contributed by atoms with Crippen molar-refractivity contribution in [2.45, 2.75) is 20.0 Å². The molecule has 0 aliphatic rings. The molecule has 0 atom stereocenters. The summed E-state index contributed by atoms with van der Waals surface area (Å²) in [4.78, 5) is 41.3. The number of nitrogens with one attached hydrogen (secondary N) is 2. The van der Waals surface area contributed by atoms with Crippen molar-refractivity contribution in [2.75, 3.05) is 13.1 Å². The predicted octanol–water partition coefficient (Wildman–Crippen LogP) is 1.50. The number of hydrogen-bond donors (Lipinski definition) is 2. The number of rotatable bonds is 8. The quantitative estimate of drug-likeness (QED) is 0.428. The van der Waals surface area contributed by atoms with Gasteiger partial charge in [0.2, 0.25) is 5.91 Å². The number of fused-ring (bicyclic) bond motifs is 1. The first-order valence-corrected chi connectivity index (χ1v) is 10.6. The van der Waals surface area contributed by atoms with Crippen LogP contribution in [0.4, 0.5) is 0 Å². The lowest BCUT2D eigenvalue weighted by Gasteiger charge is -2.09. The average Bonchev–Trinajstić information content (AvgIpc) is 3.25. The lowest BCUT2D eigenvalue weighted by molar-refractivity contribution is -0.120. The zero-order valence-corrected chi connectivity index (χ0v) is 18.2. The number of aryl methyl sites for hydroxylation is 1. The van der Waals surface area contributed by atoms with Gasteiger partial charge < -0.3 is 10.6 Å². The van der Waals surface area contributed by atoms with Gasteiger partial charge in [-0.3, -0.25) is 19.0 Å². The molecule has 0 aliphatic carbocycles. The van der Waals surface area contributed by atoms with Crippen LogP contribution in [-0.4, -0.2) is 44.2 Å². The molecule has 4 aromatic rings. The van der Waals surface area contributed by atoms with Gasteiger partial charge in [-0.1, -0.05) is 42.5 Å². The number of nitrogens with zero attached hydrogens (tertiary/aromatic N) is 4. The van der Waals surface area contributed by atoms with Crippen LogP contribution in [0.1, 0.15) is 21.5 Å². The van der Waals surface area contributed by atoms with E-state index in [2.05, 4.69) is 20.7 Å². The van der Waals surface area contributed by atoms with Crippen molar-refractivity contribution in [3.05, 3.63) is 94.2 Å². The molecule has 4 rings (SSSR count). The third-order valence-electron chi connectivity index (χ3n) is 5.32. The molecule has 0 spiro atoms. The number of amides is 2. The van der Waals surface area contributed by atoms with Gasteiger partial charge in [0.25, 0.3) is 11.5 Å². The Labute approximate surface area is 190 Å². The molecule has 2 heterocycles. The van der Waals surface area contributed by atoms with E-state index >= 15 is 0 Å². The van der Waals surface area contributed by atoms with Gasteiger partial charge in [-0.2, -0.15) is 5.10 Å². The van der Waals surface area contributed by atoms with E-state index in [4.69, 9.17) is 0 Å². The molecule has 0 unspecified atom stereocenters. The smallest absolute Gasteiger partial charge is 0.264 e. The average molecular weight is 444 g/mol. The van der Waals surface area contributed by atoms with Crippen LogP contribution in [0.25, 0.3) is 11.0 Å². The molecule has 0 aliphatic heterocycles. The fourth-order valence-corrected chi connectivity index (χ4v) is 3.46. The number of aromatic nitrogens is 4. The normalized spacial score (nSPS) is 10.8. The first kappa shape index (κ1) is 21.9. The van der Waals surface area contributed by atoms with Gasteiger partial charge in [0, 0.05) is 12.1 Å². The zero-order valence-electron chi connectivity index (χ0n) is 18.2. The van der Waals surface area contributed by atoms with E-state index in [9.17, 15) is 14.4 Å². The van der Waals surface area contributed by atoms with Gasteiger partial charge in [-0.15, -0.1) is 0 Å². The summed E-state index contributed by atoms with van der Waals surface area (Å²) in [6.45, 7) is 2.94. The molecule has 0 fully saturated rings. The Morgan fingerprint density at radius 1 is 1.00 bits per heavy atom. The van der Waals surface area contributed by atoms with Crippen LogP contribution < -0.4 is 16.2 Å². The standard InChI is InChI=1S/C24H24N6O3/c1-17-7-5-6-10-19(17)15-29-16-27-22-20(24(29)33)13-28-30(22)12-11-25-21(31)14-26-23(32)18-8-3-2-4-9-18/h2-10,13,16H,11-12,14-15H2,1H3,(H,25,31)(H,26,32). The summed E-state index contributed by atoms with van der Waals surface area (Å²) in [7, 11) is 0. The van der Waals surface area contributed by atoms with E-state index in [1.807, 2.05) is 37.3 Å². The van der Waals surface area contributed by atoms with Crippen LogP contribution >= 0.6 is 0 Å². The Balaban J connectivity index is 1.33. The van der Waals surface area contributed by atoms with Gasteiger partial charge in [-0.25, -0.2) is 9.67 Å². The van der Waals surface area contributed by atoms with Gasteiger partial charge in [-0.05, 0) is 30.2 Å². The van der Waals surface area contributed by atoms with Gasteiger partial charge in [0.15, 0.2) is 5.65 Å².